The first-order valence-electron chi connectivity index (χ1n) is 11.0. The second kappa shape index (κ2) is 9.56. The number of amides is 2. The topological polar surface area (TPSA) is 113 Å². The van der Waals surface area contributed by atoms with E-state index in [2.05, 4.69) is 12.2 Å². The number of hydrogen-bond donors (Lipinski definition) is 3. The monoisotopic (exact) mass is 524 g/mol. The predicted molar refractivity (Wildman–Crippen MR) is 135 cm³/mol. The molecule has 34 heavy (non-hydrogen) atoms. The maximum absolute atomic E-state index is 13.6. The molecule has 2 unspecified atom stereocenters. The highest BCUT2D eigenvalue weighted by molar-refractivity contribution is 8.22. The summed E-state index contributed by atoms with van der Waals surface area (Å²) in [6.07, 6.45) is 0.913. The SMILES string of the molecule is CCCN1CN([C@H](C(=O)N[C@@H]2C(=O)N3C2SC(C)(C)C3C(=O)O)c2ccc(O)cc2)CSC1=S. The molecule has 0 spiro atoms. The number of hydrogen-bond acceptors (Lipinski definition) is 8. The van der Waals surface area contributed by atoms with Crippen LogP contribution in [0.25, 0.3) is 0 Å². The van der Waals surface area contributed by atoms with E-state index in [1.807, 2.05) is 9.80 Å². The molecule has 1 aromatic carbocycles. The van der Waals surface area contributed by atoms with Gasteiger partial charge >= 0.3 is 5.97 Å². The molecule has 0 radical (unpaired) electrons. The van der Waals surface area contributed by atoms with Crippen molar-refractivity contribution in [2.24, 2.45) is 0 Å². The molecule has 3 N–H and O–H groups in total. The van der Waals surface area contributed by atoms with Crippen LogP contribution < -0.4 is 5.32 Å². The minimum Gasteiger partial charge on any atom is -0.508 e. The zero-order valence-electron chi connectivity index (χ0n) is 19.1. The third kappa shape index (κ3) is 4.48. The molecule has 0 aromatic heterocycles. The van der Waals surface area contributed by atoms with Crippen LogP contribution in [0.4, 0.5) is 0 Å². The maximum atomic E-state index is 13.6. The Balaban J connectivity index is 1.56. The van der Waals surface area contributed by atoms with Crippen molar-refractivity contribution in [2.75, 3.05) is 19.1 Å². The number of β-lactam (4-membered cyclic amide) rings is 1. The third-order valence-electron chi connectivity index (χ3n) is 6.25. The lowest BCUT2D eigenvalue weighted by Gasteiger charge is -2.45. The number of rotatable bonds is 7. The van der Waals surface area contributed by atoms with E-state index in [4.69, 9.17) is 12.2 Å². The summed E-state index contributed by atoms with van der Waals surface area (Å²) in [4.78, 5) is 43.7. The number of aliphatic carboxylic acids is 1. The Hall–Kier alpha value is -2.02. The minimum absolute atomic E-state index is 0.0961. The fourth-order valence-electron chi connectivity index (χ4n) is 4.70. The van der Waals surface area contributed by atoms with Crippen molar-refractivity contribution >= 4 is 57.8 Å². The van der Waals surface area contributed by atoms with Gasteiger partial charge in [-0.3, -0.25) is 14.5 Å². The molecule has 4 atom stereocenters. The first-order valence-corrected chi connectivity index (χ1v) is 13.3. The van der Waals surface area contributed by atoms with Gasteiger partial charge in [0, 0.05) is 11.3 Å². The minimum atomic E-state index is -1.04. The predicted octanol–water partition coefficient (Wildman–Crippen LogP) is 2.03. The van der Waals surface area contributed by atoms with E-state index in [-0.39, 0.29) is 17.6 Å². The number of phenolic OH excluding ortho intramolecular Hbond substituents is 1. The molecular formula is C22H28N4O5S3. The van der Waals surface area contributed by atoms with Crippen molar-refractivity contribution in [3.05, 3.63) is 29.8 Å². The van der Waals surface area contributed by atoms with Crippen LogP contribution in [0.1, 0.15) is 38.8 Å². The van der Waals surface area contributed by atoms with E-state index in [9.17, 15) is 24.6 Å². The average Bonchev–Trinajstić information content (AvgIpc) is 3.04. The number of nitrogens with zero attached hydrogens (tertiary/aromatic N) is 3. The summed E-state index contributed by atoms with van der Waals surface area (Å²) < 4.78 is 0.124. The van der Waals surface area contributed by atoms with Gasteiger partial charge in [-0.15, -0.1) is 11.8 Å². The van der Waals surface area contributed by atoms with Gasteiger partial charge in [-0.25, -0.2) is 4.79 Å². The van der Waals surface area contributed by atoms with Gasteiger partial charge in [0.1, 0.15) is 33.6 Å². The van der Waals surface area contributed by atoms with Crippen molar-refractivity contribution in [2.45, 2.75) is 55.4 Å². The summed E-state index contributed by atoms with van der Waals surface area (Å²) in [6, 6.07) is 4.04. The second-order valence-electron chi connectivity index (χ2n) is 9.11. The number of carboxylic acid groups (broad SMARTS) is 1. The van der Waals surface area contributed by atoms with Crippen molar-refractivity contribution in [3.63, 3.8) is 0 Å². The fourth-order valence-corrected chi connectivity index (χ4v) is 7.47. The van der Waals surface area contributed by atoms with Crippen molar-refractivity contribution in [3.8, 4) is 5.75 Å². The van der Waals surface area contributed by atoms with Crippen LogP contribution in [0.2, 0.25) is 0 Å². The Morgan fingerprint density at radius 3 is 2.59 bits per heavy atom. The smallest absolute Gasteiger partial charge is 0.327 e. The molecule has 0 bridgehead atoms. The second-order valence-corrected chi connectivity index (χ2v) is 12.5. The van der Waals surface area contributed by atoms with Gasteiger partial charge in [-0.1, -0.05) is 43.0 Å². The van der Waals surface area contributed by atoms with Crippen molar-refractivity contribution in [1.29, 1.82) is 0 Å². The van der Waals surface area contributed by atoms with Crippen LogP contribution in [0.15, 0.2) is 24.3 Å². The van der Waals surface area contributed by atoms with Crippen LogP contribution in [0.3, 0.4) is 0 Å². The van der Waals surface area contributed by atoms with E-state index in [0.29, 0.717) is 18.1 Å². The first kappa shape index (κ1) is 25.1. The van der Waals surface area contributed by atoms with Gasteiger partial charge in [-0.2, -0.15) is 0 Å². The summed E-state index contributed by atoms with van der Waals surface area (Å²) in [5.41, 5.74) is 0.687. The lowest BCUT2D eigenvalue weighted by molar-refractivity contribution is -0.161. The maximum Gasteiger partial charge on any atom is 0.327 e. The summed E-state index contributed by atoms with van der Waals surface area (Å²) >= 11 is 8.36. The zero-order valence-corrected chi connectivity index (χ0v) is 21.6. The largest absolute Gasteiger partial charge is 0.508 e. The molecule has 184 valence electrons. The number of carbonyl (C=O) groups excluding carboxylic acids is 2. The molecule has 3 fully saturated rings. The molecule has 0 saturated carbocycles. The van der Waals surface area contributed by atoms with E-state index < -0.39 is 34.2 Å². The molecule has 0 aliphatic carbocycles. The first-order chi connectivity index (χ1) is 16.0. The lowest BCUT2D eigenvalue weighted by atomic mass is 9.95. The highest BCUT2D eigenvalue weighted by atomic mass is 32.2. The molecule has 3 aliphatic heterocycles. The Morgan fingerprint density at radius 2 is 1.97 bits per heavy atom. The molecular weight excluding hydrogens is 496 g/mol. The number of fused-ring (bicyclic) bond motifs is 1. The number of benzene rings is 1. The fraction of sp³-hybridized carbons (Fsp3) is 0.545. The number of thioether (sulfide) groups is 2. The van der Waals surface area contributed by atoms with Crippen LogP contribution >= 0.6 is 35.7 Å². The third-order valence-corrected chi connectivity index (χ3v) is 9.40. The van der Waals surface area contributed by atoms with Crippen molar-refractivity contribution in [1.82, 2.24) is 20.0 Å². The number of carbonyl (C=O) groups is 3. The van der Waals surface area contributed by atoms with E-state index in [0.717, 1.165) is 17.3 Å². The van der Waals surface area contributed by atoms with E-state index in [1.54, 1.807) is 26.0 Å². The van der Waals surface area contributed by atoms with Gasteiger partial charge < -0.3 is 25.3 Å². The summed E-state index contributed by atoms with van der Waals surface area (Å²) in [5.74, 6) is -1.16. The Bertz CT molecular complexity index is 1000. The van der Waals surface area contributed by atoms with Gasteiger partial charge in [0.05, 0.1) is 12.5 Å². The standard InChI is InChI=1S/C22H28N4O5S3/c1-4-9-24-10-25(11-33-21(24)32)15(12-5-7-13(27)8-6-12)17(28)23-14-18(29)26-16(20(30)31)22(2,3)34-19(14)26/h5-8,14-16,19,27H,4,9-11H2,1-3H3,(H,23,28)(H,30,31)/t14-,15+,16?,19?/m1/s1. The van der Waals surface area contributed by atoms with Gasteiger partial charge in [0.15, 0.2) is 0 Å². The average molecular weight is 525 g/mol. The van der Waals surface area contributed by atoms with Crippen LogP contribution in [0.5, 0.6) is 5.75 Å². The number of aromatic hydroxyl groups is 1. The summed E-state index contributed by atoms with van der Waals surface area (Å²) in [5, 5.41) is 21.8. The highest BCUT2D eigenvalue weighted by Gasteiger charge is 2.64. The van der Waals surface area contributed by atoms with E-state index >= 15 is 0 Å². The number of carboxylic acids is 1. The highest BCUT2D eigenvalue weighted by Crippen LogP contribution is 2.50. The summed E-state index contributed by atoms with van der Waals surface area (Å²) in [6.45, 7) is 6.91. The molecule has 1 aromatic rings. The summed E-state index contributed by atoms with van der Waals surface area (Å²) in [7, 11) is 0. The quantitative estimate of drug-likeness (QED) is 0.362. The van der Waals surface area contributed by atoms with Gasteiger partial charge in [0.25, 0.3) is 0 Å². The van der Waals surface area contributed by atoms with Crippen LogP contribution in [-0.2, 0) is 14.4 Å². The molecule has 3 heterocycles. The van der Waals surface area contributed by atoms with Gasteiger partial charge in [-0.05, 0) is 38.0 Å². The Labute approximate surface area is 212 Å². The van der Waals surface area contributed by atoms with E-state index in [1.165, 1.54) is 40.6 Å². The van der Waals surface area contributed by atoms with Crippen LogP contribution in [-0.4, -0.2) is 88.3 Å². The van der Waals surface area contributed by atoms with Gasteiger partial charge in [0.2, 0.25) is 11.8 Å². The van der Waals surface area contributed by atoms with Crippen molar-refractivity contribution < 1.29 is 24.6 Å². The normalized spacial score (nSPS) is 27.2. The molecule has 3 aliphatic rings. The van der Waals surface area contributed by atoms with Crippen LogP contribution in [0, 0.1) is 0 Å². The number of phenols is 1. The lowest BCUT2D eigenvalue weighted by Crippen LogP contribution is -2.71. The molecule has 4 rings (SSSR count). The Kier molecular flexibility index (Phi) is 7.05. The molecule has 9 nitrogen and oxygen atoms in total. The molecule has 2 amide bonds. The Morgan fingerprint density at radius 1 is 1.29 bits per heavy atom. The number of thiocarbonyl (C=S) groups is 1. The molecule has 12 heteroatoms. The zero-order chi connectivity index (χ0) is 24.8. The molecule has 3 saturated heterocycles. The number of nitrogens with one attached hydrogen (secondary N) is 1.